The normalized spacial score (nSPS) is 14.2. The van der Waals surface area contributed by atoms with Crippen LogP contribution < -0.4 is 0 Å². The summed E-state index contributed by atoms with van der Waals surface area (Å²) in [5, 5.41) is 2.27. The average Bonchev–Trinajstić information content (AvgIpc) is 3.71. The van der Waals surface area contributed by atoms with E-state index in [2.05, 4.69) is 122 Å². The number of hydrogen-bond donors (Lipinski definition) is 0. The van der Waals surface area contributed by atoms with E-state index in [1.165, 1.54) is 59.5 Å². The van der Waals surface area contributed by atoms with Gasteiger partial charge >= 0.3 is 0 Å². The Kier molecular flexibility index (Phi) is 6.11. The molecule has 0 saturated heterocycles. The molecule has 0 fully saturated rings. The van der Waals surface area contributed by atoms with Crippen LogP contribution in [0, 0.1) is 0 Å². The Morgan fingerprint density at radius 1 is 0.755 bits per heavy atom. The van der Waals surface area contributed by atoms with Crippen LogP contribution >= 0.6 is 11.3 Å². The molecule has 3 heterocycles. The van der Waals surface area contributed by atoms with Crippen molar-refractivity contribution in [3.8, 4) is 22.4 Å². The molecule has 2 aliphatic carbocycles. The molecule has 0 atom stereocenters. The number of rotatable bonds is 4. The van der Waals surface area contributed by atoms with Gasteiger partial charge in [-0.1, -0.05) is 105 Å². The van der Waals surface area contributed by atoms with Crippen molar-refractivity contribution in [1.82, 2.24) is 9.97 Å². The van der Waals surface area contributed by atoms with Crippen LogP contribution in [0.1, 0.15) is 52.1 Å². The number of furan rings is 1. The summed E-state index contributed by atoms with van der Waals surface area (Å²) in [6.07, 6.45) is 8.87. The quantitative estimate of drug-likeness (QED) is 0.179. The lowest BCUT2D eigenvalue weighted by Crippen LogP contribution is -2.15. The van der Waals surface area contributed by atoms with Crippen LogP contribution in [0.5, 0.6) is 0 Å². The molecule has 232 valence electrons. The highest BCUT2D eigenvalue weighted by atomic mass is 32.1. The molecule has 0 amide bonds. The Bertz CT molecular complexity index is 2770. The molecule has 49 heavy (non-hydrogen) atoms. The van der Waals surface area contributed by atoms with Crippen molar-refractivity contribution in [2.45, 2.75) is 25.7 Å². The summed E-state index contributed by atoms with van der Waals surface area (Å²) in [5.41, 5.74) is 19.4. The maximum atomic E-state index is 6.29. The van der Waals surface area contributed by atoms with E-state index in [4.69, 9.17) is 9.40 Å². The first-order valence-corrected chi connectivity index (χ1v) is 17.5. The SMILES string of the molecule is CC1(C)c2ccccc2-c2ccc(Cc3cccc4c5c(sc34)C(c3cccc(-c4ncnc6c4oc4ccccc46)c3)=CC=C=C5)cc21. The average molecular weight is 647 g/mol. The zero-order chi connectivity index (χ0) is 32.7. The van der Waals surface area contributed by atoms with Gasteiger partial charge in [0, 0.05) is 42.5 Å². The maximum Gasteiger partial charge on any atom is 0.180 e. The first-order chi connectivity index (χ1) is 24.0. The van der Waals surface area contributed by atoms with Crippen molar-refractivity contribution in [3.05, 3.63) is 172 Å². The maximum absolute atomic E-state index is 6.29. The van der Waals surface area contributed by atoms with E-state index >= 15 is 0 Å². The summed E-state index contributed by atoms with van der Waals surface area (Å²) in [5.74, 6) is 0. The van der Waals surface area contributed by atoms with Gasteiger partial charge in [-0.15, -0.1) is 17.1 Å². The van der Waals surface area contributed by atoms with E-state index in [1.54, 1.807) is 6.33 Å². The van der Waals surface area contributed by atoms with Crippen LogP contribution in [0.3, 0.4) is 0 Å². The van der Waals surface area contributed by atoms with Crippen LogP contribution in [-0.4, -0.2) is 9.97 Å². The van der Waals surface area contributed by atoms with Crippen LogP contribution in [0.2, 0.25) is 0 Å². The molecule has 5 aromatic carbocycles. The van der Waals surface area contributed by atoms with Gasteiger partial charge in [-0.05, 0) is 81.8 Å². The second-order valence-electron chi connectivity index (χ2n) is 13.5. The monoisotopic (exact) mass is 646 g/mol. The number of aromatic nitrogens is 2. The smallest absolute Gasteiger partial charge is 0.180 e. The standard InChI is InChI=1S/C45H30N2OS/c1-45(2)37-19-7-5-15-32(37)33-22-21-27(24-38(33)45)23-30-13-10-18-34-35-16-4-3-14-31(44(35)49-43(30)34)28-11-9-12-29(25-28)40-42-41(47-26-46-40)36-17-6-8-20-39(36)48-42/h3,5-22,24-26H,23H2,1-2H3. The molecule has 0 bridgehead atoms. The molecule has 2 aliphatic rings. The minimum absolute atomic E-state index is 0.0124. The molecule has 10 rings (SSSR count). The summed E-state index contributed by atoms with van der Waals surface area (Å²) >= 11 is 1.88. The molecule has 8 aromatic rings. The number of allylic oxidation sites excluding steroid dienone is 2. The van der Waals surface area contributed by atoms with Gasteiger partial charge < -0.3 is 4.42 Å². The van der Waals surface area contributed by atoms with Gasteiger partial charge in [0.25, 0.3) is 0 Å². The molecule has 0 spiro atoms. The topological polar surface area (TPSA) is 38.9 Å². The molecule has 4 heteroatoms. The first-order valence-electron chi connectivity index (χ1n) is 16.7. The molecule has 3 aromatic heterocycles. The fourth-order valence-electron chi connectivity index (χ4n) is 7.89. The van der Waals surface area contributed by atoms with Crippen molar-refractivity contribution < 1.29 is 4.42 Å². The van der Waals surface area contributed by atoms with Gasteiger partial charge in [0.05, 0.1) is 0 Å². The van der Waals surface area contributed by atoms with Gasteiger partial charge in [0.1, 0.15) is 23.1 Å². The lowest BCUT2D eigenvalue weighted by molar-refractivity contribution is 0.659. The highest BCUT2D eigenvalue weighted by molar-refractivity contribution is 7.20. The van der Waals surface area contributed by atoms with Gasteiger partial charge in [0.2, 0.25) is 0 Å². The van der Waals surface area contributed by atoms with E-state index in [9.17, 15) is 0 Å². The van der Waals surface area contributed by atoms with Crippen LogP contribution in [0.25, 0.3) is 66.2 Å². The molecule has 3 nitrogen and oxygen atoms in total. The zero-order valence-corrected chi connectivity index (χ0v) is 27.9. The van der Waals surface area contributed by atoms with Crippen molar-refractivity contribution in [2.24, 2.45) is 0 Å². The lowest BCUT2D eigenvalue weighted by atomic mass is 9.81. The second kappa shape index (κ2) is 10.6. The minimum atomic E-state index is -0.0124. The Morgan fingerprint density at radius 2 is 1.57 bits per heavy atom. The largest absolute Gasteiger partial charge is 0.452 e. The van der Waals surface area contributed by atoms with E-state index in [1.807, 2.05) is 41.7 Å². The van der Waals surface area contributed by atoms with Crippen molar-refractivity contribution in [2.75, 3.05) is 0 Å². The summed E-state index contributed by atoms with van der Waals surface area (Å²) in [7, 11) is 0. The number of hydrogen-bond acceptors (Lipinski definition) is 4. The van der Waals surface area contributed by atoms with E-state index in [-0.39, 0.29) is 5.41 Å². The van der Waals surface area contributed by atoms with E-state index < -0.39 is 0 Å². The second-order valence-corrected chi connectivity index (χ2v) is 14.5. The van der Waals surface area contributed by atoms with Crippen molar-refractivity contribution >= 4 is 55.1 Å². The predicted octanol–water partition coefficient (Wildman–Crippen LogP) is 11.8. The summed E-state index contributed by atoms with van der Waals surface area (Å²) in [6.45, 7) is 4.70. The van der Waals surface area contributed by atoms with Gasteiger partial charge in [-0.2, -0.15) is 0 Å². The third-order valence-electron chi connectivity index (χ3n) is 10.3. The van der Waals surface area contributed by atoms with E-state index in [0.29, 0.717) is 5.58 Å². The summed E-state index contributed by atoms with van der Waals surface area (Å²) < 4.78 is 7.63. The fourth-order valence-corrected chi connectivity index (χ4v) is 9.23. The molecule has 0 unspecified atom stereocenters. The van der Waals surface area contributed by atoms with Crippen LogP contribution in [0.15, 0.2) is 138 Å². The van der Waals surface area contributed by atoms with Gasteiger partial charge in [-0.25, -0.2) is 9.97 Å². The Morgan fingerprint density at radius 3 is 2.53 bits per heavy atom. The fraction of sp³-hybridized carbons (Fsp3) is 0.0889. The van der Waals surface area contributed by atoms with Crippen LogP contribution in [-0.2, 0) is 11.8 Å². The molecule has 0 radical (unpaired) electrons. The highest BCUT2D eigenvalue weighted by Gasteiger charge is 2.35. The number of nitrogens with zero attached hydrogens (tertiary/aromatic N) is 2. The number of benzene rings is 5. The van der Waals surface area contributed by atoms with Crippen molar-refractivity contribution in [3.63, 3.8) is 0 Å². The minimum Gasteiger partial charge on any atom is -0.452 e. The van der Waals surface area contributed by atoms with Gasteiger partial charge in [-0.3, -0.25) is 0 Å². The third-order valence-corrected chi connectivity index (χ3v) is 11.6. The van der Waals surface area contributed by atoms with Gasteiger partial charge in [0.15, 0.2) is 5.58 Å². The predicted molar refractivity (Wildman–Crippen MR) is 203 cm³/mol. The Labute approximate surface area is 288 Å². The van der Waals surface area contributed by atoms with E-state index in [0.717, 1.165) is 39.7 Å². The lowest BCUT2D eigenvalue weighted by Gasteiger charge is -2.22. The summed E-state index contributed by atoms with van der Waals surface area (Å²) in [6, 6.07) is 39.3. The number of thiophene rings is 1. The summed E-state index contributed by atoms with van der Waals surface area (Å²) in [4.78, 5) is 10.5. The first kappa shape index (κ1) is 28.2. The molecule has 0 saturated carbocycles. The highest BCUT2D eigenvalue weighted by Crippen LogP contribution is 2.49. The number of para-hydroxylation sites is 1. The zero-order valence-electron chi connectivity index (χ0n) is 27.1. The molecule has 0 N–H and O–H groups in total. The Hall–Kier alpha value is -5.80. The molecule has 0 aliphatic heterocycles. The van der Waals surface area contributed by atoms with Crippen LogP contribution in [0.4, 0.5) is 0 Å². The molecular formula is C45H30N2OS. The third kappa shape index (κ3) is 4.28. The number of fused-ring (bicyclic) bond motifs is 9. The Balaban J connectivity index is 1.05. The van der Waals surface area contributed by atoms with Crippen molar-refractivity contribution in [1.29, 1.82) is 0 Å². The molecular weight excluding hydrogens is 617 g/mol.